The maximum atomic E-state index is 12.8. The second kappa shape index (κ2) is 5.45. The Bertz CT molecular complexity index is 1210. The number of hydrogen-bond donors (Lipinski definition) is 1. The Morgan fingerprint density at radius 2 is 1.76 bits per heavy atom. The summed E-state index contributed by atoms with van der Waals surface area (Å²) in [6, 6.07) is 13.8. The SMILES string of the molecule is CC(=O)c1nc(-n2[nH]c(=O)n(-c3ccccc3)c2=O)n2ccccc12. The van der Waals surface area contributed by atoms with Crippen LogP contribution in [0.3, 0.4) is 0 Å². The molecular weight excluding hydrogens is 322 g/mol. The van der Waals surface area contributed by atoms with E-state index in [0.29, 0.717) is 11.2 Å². The van der Waals surface area contributed by atoms with E-state index in [0.717, 1.165) is 9.25 Å². The molecule has 8 nitrogen and oxygen atoms in total. The van der Waals surface area contributed by atoms with Crippen LogP contribution in [0.5, 0.6) is 0 Å². The largest absolute Gasteiger partial charge is 0.359 e. The summed E-state index contributed by atoms with van der Waals surface area (Å²) in [5.74, 6) is -0.0783. The van der Waals surface area contributed by atoms with Gasteiger partial charge in [0.2, 0.25) is 5.95 Å². The Balaban J connectivity index is 2.02. The standard InChI is InChI=1S/C17H13N5O3/c1-11(23)14-13-9-5-6-10-20(13)15(18-14)22-17(25)21(16(24)19-22)12-7-3-2-4-8-12/h2-10H,1H3,(H,19,24). The Kier molecular flexibility index (Phi) is 3.24. The van der Waals surface area contributed by atoms with Crippen LogP contribution in [0, 0.1) is 0 Å². The number of carbonyl (C=O) groups is 1. The summed E-state index contributed by atoms with van der Waals surface area (Å²) >= 11 is 0. The van der Waals surface area contributed by atoms with Crippen LogP contribution in [0.4, 0.5) is 0 Å². The lowest BCUT2D eigenvalue weighted by Crippen LogP contribution is -2.27. The molecule has 3 heterocycles. The number of Topliss-reactive ketones (excluding diaryl/α,β-unsaturated/α-hetero) is 1. The van der Waals surface area contributed by atoms with Gasteiger partial charge in [0, 0.05) is 13.1 Å². The molecule has 0 unspecified atom stereocenters. The molecule has 1 N–H and O–H groups in total. The van der Waals surface area contributed by atoms with Gasteiger partial charge in [-0.25, -0.2) is 24.2 Å². The van der Waals surface area contributed by atoms with E-state index in [1.54, 1.807) is 59.1 Å². The van der Waals surface area contributed by atoms with Crippen molar-refractivity contribution in [2.75, 3.05) is 0 Å². The van der Waals surface area contributed by atoms with Crippen molar-refractivity contribution < 1.29 is 4.79 Å². The van der Waals surface area contributed by atoms with Gasteiger partial charge in [-0.05, 0) is 24.3 Å². The molecule has 4 rings (SSSR count). The number of ketones is 1. The highest BCUT2D eigenvalue weighted by molar-refractivity contribution is 5.99. The predicted molar refractivity (Wildman–Crippen MR) is 90.7 cm³/mol. The first-order valence-corrected chi connectivity index (χ1v) is 7.56. The fraction of sp³-hybridized carbons (Fsp3) is 0.0588. The number of aromatic amines is 1. The van der Waals surface area contributed by atoms with Crippen LogP contribution in [-0.4, -0.2) is 29.5 Å². The first-order valence-electron chi connectivity index (χ1n) is 7.56. The summed E-state index contributed by atoms with van der Waals surface area (Å²) in [7, 11) is 0. The van der Waals surface area contributed by atoms with Crippen molar-refractivity contribution in [1.29, 1.82) is 0 Å². The number of hydrogen-bond acceptors (Lipinski definition) is 4. The molecule has 124 valence electrons. The van der Waals surface area contributed by atoms with Gasteiger partial charge in [0.05, 0.1) is 11.2 Å². The zero-order valence-corrected chi connectivity index (χ0v) is 13.2. The number of para-hydroxylation sites is 1. The van der Waals surface area contributed by atoms with Crippen molar-refractivity contribution in [3.8, 4) is 11.6 Å². The lowest BCUT2D eigenvalue weighted by atomic mass is 10.2. The monoisotopic (exact) mass is 335 g/mol. The minimum Gasteiger partial charge on any atom is -0.293 e. The van der Waals surface area contributed by atoms with Crippen LogP contribution < -0.4 is 11.4 Å². The molecule has 4 aromatic rings. The molecule has 0 spiro atoms. The second-order valence-electron chi connectivity index (χ2n) is 5.48. The average Bonchev–Trinajstić information content (AvgIpc) is 3.13. The van der Waals surface area contributed by atoms with Gasteiger partial charge in [-0.3, -0.25) is 9.20 Å². The molecule has 0 atom stereocenters. The van der Waals surface area contributed by atoms with E-state index in [9.17, 15) is 14.4 Å². The Labute approximate surface area is 140 Å². The van der Waals surface area contributed by atoms with E-state index >= 15 is 0 Å². The lowest BCUT2D eigenvalue weighted by Gasteiger charge is -2.00. The summed E-state index contributed by atoms with van der Waals surface area (Å²) in [5, 5.41) is 2.49. The summed E-state index contributed by atoms with van der Waals surface area (Å²) in [5.41, 5.74) is 0.0523. The minimum atomic E-state index is -0.595. The van der Waals surface area contributed by atoms with Crippen molar-refractivity contribution in [3.63, 3.8) is 0 Å². The number of rotatable bonds is 3. The molecule has 3 aromatic heterocycles. The zero-order valence-electron chi connectivity index (χ0n) is 13.2. The highest BCUT2D eigenvalue weighted by Gasteiger charge is 2.19. The average molecular weight is 335 g/mol. The third-order valence-corrected chi connectivity index (χ3v) is 3.87. The molecule has 0 saturated carbocycles. The number of benzene rings is 1. The van der Waals surface area contributed by atoms with E-state index in [2.05, 4.69) is 10.1 Å². The molecule has 0 saturated heterocycles. The number of fused-ring (bicyclic) bond motifs is 1. The van der Waals surface area contributed by atoms with Gasteiger partial charge < -0.3 is 0 Å². The van der Waals surface area contributed by atoms with Crippen molar-refractivity contribution in [2.45, 2.75) is 6.92 Å². The number of pyridine rings is 1. The van der Waals surface area contributed by atoms with Crippen molar-refractivity contribution in [3.05, 3.63) is 81.4 Å². The summed E-state index contributed by atoms with van der Waals surface area (Å²) < 4.78 is 3.63. The Morgan fingerprint density at radius 3 is 2.48 bits per heavy atom. The van der Waals surface area contributed by atoms with Crippen molar-refractivity contribution in [2.24, 2.45) is 0 Å². The molecule has 0 aliphatic heterocycles. The maximum absolute atomic E-state index is 12.8. The molecule has 0 aliphatic carbocycles. The van der Waals surface area contributed by atoms with Crippen LogP contribution in [0.1, 0.15) is 17.4 Å². The normalized spacial score (nSPS) is 11.1. The first-order chi connectivity index (χ1) is 12.1. The van der Waals surface area contributed by atoms with Gasteiger partial charge >= 0.3 is 11.4 Å². The van der Waals surface area contributed by atoms with Crippen LogP contribution >= 0.6 is 0 Å². The van der Waals surface area contributed by atoms with E-state index in [4.69, 9.17) is 0 Å². The number of imidazole rings is 1. The van der Waals surface area contributed by atoms with Gasteiger partial charge in [0.25, 0.3) is 0 Å². The fourth-order valence-corrected chi connectivity index (χ4v) is 2.76. The second-order valence-corrected chi connectivity index (χ2v) is 5.48. The number of H-pyrrole nitrogens is 1. The third-order valence-electron chi connectivity index (χ3n) is 3.87. The van der Waals surface area contributed by atoms with Gasteiger partial charge in [-0.15, -0.1) is 0 Å². The van der Waals surface area contributed by atoms with Gasteiger partial charge in [-0.2, -0.15) is 4.68 Å². The topological polar surface area (TPSA) is 94.2 Å². The molecule has 25 heavy (non-hydrogen) atoms. The highest BCUT2D eigenvalue weighted by Crippen LogP contribution is 2.15. The van der Waals surface area contributed by atoms with E-state index < -0.39 is 11.4 Å². The molecule has 0 amide bonds. The van der Waals surface area contributed by atoms with E-state index in [1.165, 1.54) is 6.92 Å². The summed E-state index contributed by atoms with van der Waals surface area (Å²) in [6.45, 7) is 1.40. The summed E-state index contributed by atoms with van der Waals surface area (Å²) in [6.07, 6.45) is 1.68. The smallest absolute Gasteiger partial charge is 0.293 e. The van der Waals surface area contributed by atoms with Gasteiger partial charge in [0.15, 0.2) is 5.78 Å². The van der Waals surface area contributed by atoms with Crippen LogP contribution in [0.15, 0.2) is 64.3 Å². The van der Waals surface area contributed by atoms with Crippen LogP contribution in [-0.2, 0) is 0 Å². The van der Waals surface area contributed by atoms with Crippen molar-refractivity contribution >= 4 is 11.3 Å². The number of nitrogens with one attached hydrogen (secondary N) is 1. The van der Waals surface area contributed by atoms with Crippen LogP contribution in [0.25, 0.3) is 17.2 Å². The summed E-state index contributed by atoms with van der Waals surface area (Å²) in [4.78, 5) is 41.2. The van der Waals surface area contributed by atoms with Gasteiger partial charge in [0.1, 0.15) is 5.69 Å². The van der Waals surface area contributed by atoms with Gasteiger partial charge in [-0.1, -0.05) is 24.3 Å². The van der Waals surface area contributed by atoms with Crippen LogP contribution in [0.2, 0.25) is 0 Å². The fourth-order valence-electron chi connectivity index (χ4n) is 2.76. The number of aromatic nitrogens is 5. The molecule has 1 aromatic carbocycles. The molecule has 0 radical (unpaired) electrons. The zero-order chi connectivity index (χ0) is 17.6. The maximum Gasteiger partial charge on any atom is 0.359 e. The Hall–Kier alpha value is -3.68. The van der Waals surface area contributed by atoms with E-state index in [1.807, 2.05) is 0 Å². The molecule has 0 fully saturated rings. The number of carbonyl (C=O) groups excluding carboxylic acids is 1. The predicted octanol–water partition coefficient (Wildman–Crippen LogP) is 1.17. The molecule has 0 bridgehead atoms. The third kappa shape index (κ3) is 2.23. The molecule has 0 aliphatic rings. The Morgan fingerprint density at radius 1 is 1.04 bits per heavy atom. The highest BCUT2D eigenvalue weighted by atomic mass is 16.2. The number of nitrogens with zero attached hydrogens (tertiary/aromatic N) is 4. The minimum absolute atomic E-state index is 0.151. The molecule has 8 heteroatoms. The van der Waals surface area contributed by atoms with Crippen molar-refractivity contribution in [1.82, 2.24) is 23.7 Å². The molecular formula is C17H13N5O3. The quantitative estimate of drug-likeness (QED) is 0.569. The first kappa shape index (κ1) is 14.9. The van der Waals surface area contributed by atoms with E-state index in [-0.39, 0.29) is 17.4 Å². The lowest BCUT2D eigenvalue weighted by molar-refractivity contribution is 0.101.